The number of benzene rings is 1. The monoisotopic (exact) mass is 232 g/mol. The van der Waals surface area contributed by atoms with Gasteiger partial charge in [-0.15, -0.1) is 0 Å². The van der Waals surface area contributed by atoms with Crippen molar-refractivity contribution in [2.75, 3.05) is 5.32 Å². The number of rotatable bonds is 3. The molecular weight excluding hydrogens is 216 g/mol. The maximum absolute atomic E-state index is 11.7. The number of carbonyl (C=O) groups excluding carboxylic acids is 1. The van der Waals surface area contributed by atoms with Crippen LogP contribution in [0.25, 0.3) is 0 Å². The van der Waals surface area contributed by atoms with E-state index in [2.05, 4.69) is 17.4 Å². The van der Waals surface area contributed by atoms with Gasteiger partial charge < -0.3 is 10.5 Å². The molecule has 1 saturated carbocycles. The number of oxime groups is 1. The van der Waals surface area contributed by atoms with Crippen molar-refractivity contribution in [1.82, 2.24) is 0 Å². The first-order valence-corrected chi connectivity index (χ1v) is 5.71. The molecule has 2 atom stereocenters. The number of nitrogens with one attached hydrogen (secondary N) is 1. The lowest BCUT2D eigenvalue weighted by molar-refractivity contribution is -0.117. The van der Waals surface area contributed by atoms with E-state index in [-0.39, 0.29) is 11.8 Å². The van der Waals surface area contributed by atoms with E-state index in [9.17, 15) is 4.79 Å². The Morgan fingerprint density at radius 3 is 2.82 bits per heavy atom. The first-order chi connectivity index (χ1) is 8.11. The Labute approximate surface area is 100 Å². The van der Waals surface area contributed by atoms with Gasteiger partial charge in [0.25, 0.3) is 0 Å². The van der Waals surface area contributed by atoms with E-state index >= 15 is 0 Å². The number of anilines is 1. The molecule has 0 spiro atoms. The average molecular weight is 232 g/mol. The van der Waals surface area contributed by atoms with Gasteiger partial charge in [0.05, 0.1) is 5.71 Å². The largest absolute Gasteiger partial charge is 0.411 e. The number of hydrogen-bond donors (Lipinski definition) is 2. The summed E-state index contributed by atoms with van der Waals surface area (Å²) >= 11 is 0. The number of carbonyl (C=O) groups is 1. The van der Waals surface area contributed by atoms with Crippen LogP contribution in [0, 0.1) is 11.8 Å². The molecule has 17 heavy (non-hydrogen) atoms. The van der Waals surface area contributed by atoms with Crippen LogP contribution in [0.2, 0.25) is 0 Å². The summed E-state index contributed by atoms with van der Waals surface area (Å²) in [5, 5.41) is 14.7. The van der Waals surface area contributed by atoms with Crippen LogP contribution in [-0.2, 0) is 4.79 Å². The molecule has 4 heteroatoms. The van der Waals surface area contributed by atoms with E-state index in [0.717, 1.165) is 17.7 Å². The highest BCUT2D eigenvalue weighted by Crippen LogP contribution is 2.38. The van der Waals surface area contributed by atoms with Gasteiger partial charge in [-0.05, 0) is 31.4 Å². The second kappa shape index (κ2) is 4.57. The van der Waals surface area contributed by atoms with E-state index in [1.807, 2.05) is 18.2 Å². The van der Waals surface area contributed by atoms with Crippen LogP contribution in [0.4, 0.5) is 5.69 Å². The Balaban J connectivity index is 2.09. The molecule has 1 aliphatic rings. The molecule has 0 saturated heterocycles. The van der Waals surface area contributed by atoms with Crippen molar-refractivity contribution in [1.29, 1.82) is 0 Å². The minimum Gasteiger partial charge on any atom is -0.411 e. The summed E-state index contributed by atoms with van der Waals surface area (Å²) in [7, 11) is 0. The van der Waals surface area contributed by atoms with E-state index in [4.69, 9.17) is 5.21 Å². The number of nitrogens with zero attached hydrogens (tertiary/aromatic N) is 1. The predicted octanol–water partition coefficient (Wildman–Crippen LogP) is 2.48. The van der Waals surface area contributed by atoms with Gasteiger partial charge in [-0.3, -0.25) is 4.79 Å². The standard InChI is InChI=1S/C13H16N2O2/c1-8-6-12(8)13(16)14-11-5-3-4-10(7-11)9(2)15-17/h3-5,7-8,12,17H,6H2,1-2H3,(H,14,16)/b15-9+. The average Bonchev–Trinajstić information content (AvgIpc) is 3.06. The number of amides is 1. The maximum atomic E-state index is 11.7. The molecule has 0 heterocycles. The van der Waals surface area contributed by atoms with Crippen molar-refractivity contribution in [3.05, 3.63) is 29.8 Å². The third kappa shape index (κ3) is 2.64. The van der Waals surface area contributed by atoms with Gasteiger partial charge >= 0.3 is 0 Å². The third-order valence-electron chi connectivity index (χ3n) is 3.14. The first-order valence-electron chi connectivity index (χ1n) is 5.71. The highest BCUT2D eigenvalue weighted by molar-refractivity contribution is 6.00. The van der Waals surface area contributed by atoms with Crippen LogP contribution >= 0.6 is 0 Å². The van der Waals surface area contributed by atoms with Crippen LogP contribution in [0.5, 0.6) is 0 Å². The Morgan fingerprint density at radius 1 is 1.53 bits per heavy atom. The summed E-state index contributed by atoms with van der Waals surface area (Å²) in [6, 6.07) is 7.31. The predicted molar refractivity (Wildman–Crippen MR) is 66.3 cm³/mol. The van der Waals surface area contributed by atoms with Gasteiger partial charge in [-0.2, -0.15) is 0 Å². The second-order valence-corrected chi connectivity index (χ2v) is 4.57. The lowest BCUT2D eigenvalue weighted by atomic mass is 10.1. The van der Waals surface area contributed by atoms with Crippen molar-refractivity contribution in [3.8, 4) is 0 Å². The topological polar surface area (TPSA) is 61.7 Å². The Bertz CT molecular complexity index is 468. The van der Waals surface area contributed by atoms with Gasteiger partial charge in [0.15, 0.2) is 0 Å². The zero-order valence-corrected chi connectivity index (χ0v) is 9.97. The summed E-state index contributed by atoms with van der Waals surface area (Å²) in [4.78, 5) is 11.7. The lowest BCUT2D eigenvalue weighted by Gasteiger charge is -2.06. The molecule has 1 amide bonds. The zero-order chi connectivity index (χ0) is 12.4. The molecule has 4 nitrogen and oxygen atoms in total. The quantitative estimate of drug-likeness (QED) is 0.478. The molecule has 2 rings (SSSR count). The molecule has 1 aromatic carbocycles. The van der Waals surface area contributed by atoms with Gasteiger partial charge in [0.1, 0.15) is 0 Å². The summed E-state index contributed by atoms with van der Waals surface area (Å²) in [6.07, 6.45) is 0.975. The van der Waals surface area contributed by atoms with Gasteiger partial charge in [-0.1, -0.05) is 24.2 Å². The van der Waals surface area contributed by atoms with Crippen LogP contribution in [-0.4, -0.2) is 16.8 Å². The molecule has 0 bridgehead atoms. The van der Waals surface area contributed by atoms with Crippen LogP contribution < -0.4 is 5.32 Å². The van der Waals surface area contributed by atoms with Crippen molar-refractivity contribution < 1.29 is 10.0 Å². The van der Waals surface area contributed by atoms with Gasteiger partial charge in [0, 0.05) is 17.2 Å². The molecule has 1 aliphatic carbocycles. The summed E-state index contributed by atoms with van der Waals surface area (Å²) in [6.45, 7) is 3.78. The zero-order valence-electron chi connectivity index (χ0n) is 9.97. The molecule has 0 radical (unpaired) electrons. The summed E-state index contributed by atoms with van der Waals surface area (Å²) < 4.78 is 0. The molecule has 0 aliphatic heterocycles. The van der Waals surface area contributed by atoms with E-state index in [1.165, 1.54) is 0 Å². The van der Waals surface area contributed by atoms with E-state index in [1.54, 1.807) is 13.0 Å². The van der Waals surface area contributed by atoms with Crippen LogP contribution in [0.3, 0.4) is 0 Å². The Kier molecular flexibility index (Phi) is 3.13. The molecule has 2 unspecified atom stereocenters. The van der Waals surface area contributed by atoms with E-state index in [0.29, 0.717) is 11.6 Å². The second-order valence-electron chi connectivity index (χ2n) is 4.57. The summed E-state index contributed by atoms with van der Waals surface area (Å²) in [5.41, 5.74) is 2.07. The van der Waals surface area contributed by atoms with Gasteiger partial charge in [-0.25, -0.2) is 0 Å². The SMILES string of the molecule is C/C(=N\O)c1cccc(NC(=O)C2CC2C)c1. The lowest BCUT2D eigenvalue weighted by Crippen LogP contribution is -2.14. The fourth-order valence-electron chi connectivity index (χ4n) is 1.80. The first kappa shape index (κ1) is 11.6. The minimum absolute atomic E-state index is 0.0771. The highest BCUT2D eigenvalue weighted by Gasteiger charge is 2.39. The van der Waals surface area contributed by atoms with E-state index < -0.39 is 0 Å². The third-order valence-corrected chi connectivity index (χ3v) is 3.14. The maximum Gasteiger partial charge on any atom is 0.227 e. The fourth-order valence-corrected chi connectivity index (χ4v) is 1.80. The highest BCUT2D eigenvalue weighted by atomic mass is 16.4. The Hall–Kier alpha value is -1.84. The molecule has 1 aromatic rings. The Morgan fingerprint density at radius 2 is 2.24 bits per heavy atom. The summed E-state index contributed by atoms with van der Waals surface area (Å²) in [5.74, 6) is 0.735. The normalized spacial score (nSPS) is 23.3. The molecular formula is C13H16N2O2. The van der Waals surface area contributed by atoms with Crippen LogP contribution in [0.15, 0.2) is 29.4 Å². The number of hydrogen-bond acceptors (Lipinski definition) is 3. The van der Waals surface area contributed by atoms with Crippen molar-refractivity contribution in [2.24, 2.45) is 17.0 Å². The fraction of sp³-hybridized carbons (Fsp3) is 0.385. The van der Waals surface area contributed by atoms with Crippen molar-refractivity contribution >= 4 is 17.3 Å². The van der Waals surface area contributed by atoms with Crippen molar-refractivity contribution in [2.45, 2.75) is 20.3 Å². The molecule has 90 valence electrons. The smallest absolute Gasteiger partial charge is 0.227 e. The minimum atomic E-state index is 0.0771. The van der Waals surface area contributed by atoms with Crippen molar-refractivity contribution in [3.63, 3.8) is 0 Å². The molecule has 1 fully saturated rings. The van der Waals surface area contributed by atoms with Crippen LogP contribution in [0.1, 0.15) is 25.8 Å². The molecule has 2 N–H and O–H groups in total. The van der Waals surface area contributed by atoms with Gasteiger partial charge in [0.2, 0.25) is 5.91 Å². The molecule has 0 aromatic heterocycles.